The Balaban J connectivity index is 2.38. The van der Waals surface area contributed by atoms with Crippen molar-refractivity contribution in [2.24, 2.45) is 0 Å². The van der Waals surface area contributed by atoms with Crippen molar-refractivity contribution >= 4 is 54.5 Å². The van der Waals surface area contributed by atoms with E-state index in [0.717, 1.165) is 0 Å². The molecule has 2 rings (SSSR count). The molecule has 0 aliphatic rings. The lowest BCUT2D eigenvalue weighted by atomic mass is 10.1. The van der Waals surface area contributed by atoms with Crippen LogP contribution in [0.4, 0.5) is 0 Å². The molecule has 0 amide bonds. The molecule has 0 spiro atoms. The normalized spacial score (nSPS) is 13.1. The molecule has 0 fully saturated rings. The first kappa shape index (κ1) is 12.8. The van der Waals surface area contributed by atoms with Crippen LogP contribution in [0, 0.1) is 20.8 Å². The van der Waals surface area contributed by atoms with E-state index in [4.69, 9.17) is 0 Å². The van der Waals surface area contributed by atoms with Gasteiger partial charge < -0.3 is 0 Å². The third kappa shape index (κ3) is 2.45. The van der Waals surface area contributed by atoms with Crippen molar-refractivity contribution in [3.8, 4) is 0 Å². The van der Waals surface area contributed by atoms with E-state index in [0.29, 0.717) is 4.83 Å². The molecule has 0 nitrogen and oxygen atoms in total. The van der Waals surface area contributed by atoms with Crippen LogP contribution in [0.2, 0.25) is 0 Å². The molecule has 2 aromatic rings. The van der Waals surface area contributed by atoms with E-state index in [-0.39, 0.29) is 0 Å². The first-order chi connectivity index (χ1) is 7.49. The van der Waals surface area contributed by atoms with Gasteiger partial charge in [-0.25, -0.2) is 0 Å². The van der Waals surface area contributed by atoms with Crippen molar-refractivity contribution < 1.29 is 0 Å². The van der Waals surface area contributed by atoms with Crippen molar-refractivity contribution in [1.29, 1.82) is 0 Å². The molecule has 0 aromatic carbocycles. The van der Waals surface area contributed by atoms with E-state index in [1.54, 1.807) is 0 Å². The maximum Gasteiger partial charge on any atom is 0.0749 e. The number of alkyl halides is 1. The Bertz CT molecular complexity index is 492. The van der Waals surface area contributed by atoms with Gasteiger partial charge in [-0.05, 0) is 60.0 Å². The molecule has 86 valence electrons. The van der Waals surface area contributed by atoms with Crippen molar-refractivity contribution in [2.75, 3.05) is 0 Å². The summed E-state index contributed by atoms with van der Waals surface area (Å²) in [4.78, 5) is 4.48. The molecule has 0 aliphatic carbocycles. The maximum atomic E-state index is 3.80. The Hall–Kier alpha value is 0.360. The van der Waals surface area contributed by atoms with Gasteiger partial charge in [-0.1, -0.05) is 15.9 Å². The first-order valence-corrected chi connectivity index (χ1v) is 8.30. The molecule has 0 N–H and O–H groups in total. The lowest BCUT2D eigenvalue weighted by molar-refractivity contribution is 1.21. The topological polar surface area (TPSA) is 0 Å². The Morgan fingerprint density at radius 3 is 2.25 bits per heavy atom. The summed E-state index contributed by atoms with van der Waals surface area (Å²) in [7, 11) is 0. The third-order valence-electron chi connectivity index (χ3n) is 2.48. The molecule has 4 heteroatoms. The summed E-state index contributed by atoms with van der Waals surface area (Å²) in [5, 5.41) is 0. The highest BCUT2D eigenvalue weighted by Gasteiger charge is 2.17. The number of thiophene rings is 2. The number of hydrogen-bond donors (Lipinski definition) is 0. The molecule has 0 saturated carbocycles. The minimum Gasteiger partial charge on any atom is -0.146 e. The zero-order chi connectivity index (χ0) is 11.9. The molecule has 0 saturated heterocycles. The molecule has 0 radical (unpaired) electrons. The van der Waals surface area contributed by atoms with Gasteiger partial charge in [-0.2, -0.15) is 0 Å². The monoisotopic (exact) mass is 378 g/mol. The quantitative estimate of drug-likeness (QED) is 0.562. The van der Waals surface area contributed by atoms with Crippen molar-refractivity contribution in [3.63, 3.8) is 0 Å². The van der Waals surface area contributed by atoms with Gasteiger partial charge in [-0.3, -0.25) is 0 Å². The average molecular weight is 380 g/mol. The molecule has 2 aromatic heterocycles. The number of halogens is 2. The van der Waals surface area contributed by atoms with E-state index in [9.17, 15) is 0 Å². The second-order valence-electron chi connectivity index (χ2n) is 3.84. The van der Waals surface area contributed by atoms with Gasteiger partial charge in [-0.15, -0.1) is 22.7 Å². The number of hydrogen-bond acceptors (Lipinski definition) is 2. The molecule has 16 heavy (non-hydrogen) atoms. The maximum absolute atomic E-state index is 3.80. The van der Waals surface area contributed by atoms with Gasteiger partial charge in [0.15, 0.2) is 0 Å². The van der Waals surface area contributed by atoms with Gasteiger partial charge >= 0.3 is 0 Å². The third-order valence-corrected chi connectivity index (χ3v) is 6.95. The van der Waals surface area contributed by atoms with Gasteiger partial charge in [0.2, 0.25) is 0 Å². The first-order valence-electron chi connectivity index (χ1n) is 4.96. The summed E-state index contributed by atoms with van der Waals surface area (Å²) in [5.41, 5.74) is 2.71. The smallest absolute Gasteiger partial charge is 0.0749 e. The zero-order valence-corrected chi connectivity index (χ0v) is 14.1. The van der Waals surface area contributed by atoms with Gasteiger partial charge in [0, 0.05) is 14.6 Å². The Labute approximate surface area is 121 Å². The van der Waals surface area contributed by atoms with Crippen LogP contribution in [0.1, 0.15) is 30.6 Å². The number of aryl methyl sites for hydroxylation is 3. The van der Waals surface area contributed by atoms with Gasteiger partial charge in [0.1, 0.15) is 0 Å². The highest BCUT2D eigenvalue weighted by atomic mass is 79.9. The fourth-order valence-corrected chi connectivity index (χ4v) is 5.24. The lowest BCUT2D eigenvalue weighted by Gasteiger charge is -2.06. The van der Waals surface area contributed by atoms with E-state index >= 15 is 0 Å². The standard InChI is InChI=1S/C12H12Br2S2/c1-6-4-10(16-12(6)14)11(13)9-5-7(2)15-8(9)3/h4-5,11H,1-3H3. The average Bonchev–Trinajstić information content (AvgIpc) is 2.70. The fraction of sp³-hybridized carbons (Fsp3) is 0.333. The molecule has 1 atom stereocenters. The van der Waals surface area contributed by atoms with Crippen LogP contribution < -0.4 is 0 Å². The minimum absolute atomic E-state index is 0.326. The van der Waals surface area contributed by atoms with Crippen LogP contribution in [0.3, 0.4) is 0 Å². The van der Waals surface area contributed by atoms with E-state index in [1.165, 1.54) is 29.5 Å². The Kier molecular flexibility index (Phi) is 3.94. The summed E-state index contributed by atoms with van der Waals surface area (Å²) in [6.45, 7) is 6.49. The van der Waals surface area contributed by atoms with Crippen LogP contribution in [-0.2, 0) is 0 Å². The SMILES string of the molecule is Cc1cc(C(Br)c2cc(C)c(Br)s2)c(C)s1. The van der Waals surface area contributed by atoms with Crippen LogP contribution >= 0.6 is 54.5 Å². The van der Waals surface area contributed by atoms with Crippen LogP contribution in [-0.4, -0.2) is 0 Å². The summed E-state index contributed by atoms with van der Waals surface area (Å²) < 4.78 is 1.23. The van der Waals surface area contributed by atoms with Crippen LogP contribution in [0.5, 0.6) is 0 Å². The van der Waals surface area contributed by atoms with Crippen LogP contribution in [0.15, 0.2) is 15.9 Å². The predicted molar refractivity (Wildman–Crippen MR) is 81.3 cm³/mol. The second-order valence-corrected chi connectivity index (χ2v) is 8.61. The predicted octanol–water partition coefficient (Wildman–Crippen LogP) is 5.98. The van der Waals surface area contributed by atoms with E-state index < -0.39 is 0 Å². The Morgan fingerprint density at radius 2 is 1.81 bits per heavy atom. The van der Waals surface area contributed by atoms with Crippen molar-refractivity contribution in [2.45, 2.75) is 25.6 Å². The van der Waals surface area contributed by atoms with Crippen molar-refractivity contribution in [1.82, 2.24) is 0 Å². The largest absolute Gasteiger partial charge is 0.146 e. The Morgan fingerprint density at radius 1 is 1.12 bits per heavy atom. The zero-order valence-electron chi connectivity index (χ0n) is 9.30. The summed E-state index contributed by atoms with van der Waals surface area (Å²) in [5.74, 6) is 0. The molecule has 0 bridgehead atoms. The summed E-state index contributed by atoms with van der Waals surface area (Å²) >= 11 is 11.1. The fourth-order valence-electron chi connectivity index (χ4n) is 1.66. The lowest BCUT2D eigenvalue weighted by Crippen LogP contribution is -1.88. The van der Waals surface area contributed by atoms with Crippen LogP contribution in [0.25, 0.3) is 0 Å². The van der Waals surface area contributed by atoms with E-state index in [1.807, 2.05) is 22.7 Å². The molecule has 1 unspecified atom stereocenters. The molecular weight excluding hydrogens is 368 g/mol. The molecular formula is C12H12Br2S2. The van der Waals surface area contributed by atoms with E-state index in [2.05, 4.69) is 64.8 Å². The summed E-state index contributed by atoms with van der Waals surface area (Å²) in [6.07, 6.45) is 0. The minimum atomic E-state index is 0.326. The highest BCUT2D eigenvalue weighted by Crippen LogP contribution is 2.41. The summed E-state index contributed by atoms with van der Waals surface area (Å²) in [6, 6.07) is 4.53. The highest BCUT2D eigenvalue weighted by molar-refractivity contribution is 9.11. The number of rotatable bonds is 2. The molecule has 2 heterocycles. The van der Waals surface area contributed by atoms with Gasteiger partial charge in [0.25, 0.3) is 0 Å². The second kappa shape index (κ2) is 4.92. The van der Waals surface area contributed by atoms with Crippen molar-refractivity contribution in [3.05, 3.63) is 41.7 Å². The molecule has 0 aliphatic heterocycles. The van der Waals surface area contributed by atoms with Gasteiger partial charge in [0.05, 0.1) is 8.61 Å².